The summed E-state index contributed by atoms with van der Waals surface area (Å²) in [6.07, 6.45) is 1.54. The van der Waals surface area contributed by atoms with E-state index in [1.165, 1.54) is 6.26 Å². The molecule has 2 rings (SSSR count). The van der Waals surface area contributed by atoms with E-state index >= 15 is 0 Å². The van der Waals surface area contributed by atoms with Crippen molar-refractivity contribution >= 4 is 11.9 Å². The second-order valence-electron chi connectivity index (χ2n) is 4.63. The highest BCUT2D eigenvalue weighted by atomic mass is 16.5. The molecule has 0 atom stereocenters. The lowest BCUT2D eigenvalue weighted by Gasteiger charge is -2.06. The Kier molecular flexibility index (Phi) is 5.15. The molecule has 0 saturated carbocycles. The lowest BCUT2D eigenvalue weighted by molar-refractivity contribution is -0.144. The molecule has 0 aliphatic rings. The van der Waals surface area contributed by atoms with Crippen molar-refractivity contribution in [3.8, 4) is 0 Å². The normalized spacial score (nSPS) is 10.1. The third kappa shape index (κ3) is 4.80. The minimum atomic E-state index is -0.351. The molecular weight excluding hydrogens is 270 g/mol. The topological polar surface area (TPSA) is 68.5 Å². The van der Waals surface area contributed by atoms with Crippen molar-refractivity contribution in [2.24, 2.45) is 0 Å². The molecule has 110 valence electrons. The predicted octanol–water partition coefficient (Wildman–Crippen LogP) is 2.45. The SMILES string of the molecule is Cc1cccc(COC(=O)CCNC(=O)c2ccco2)c1. The van der Waals surface area contributed by atoms with Crippen molar-refractivity contribution in [3.63, 3.8) is 0 Å². The van der Waals surface area contributed by atoms with Crippen LogP contribution in [-0.2, 0) is 16.1 Å². The number of hydrogen-bond donors (Lipinski definition) is 1. The number of carbonyl (C=O) groups excluding carboxylic acids is 2. The Labute approximate surface area is 122 Å². The van der Waals surface area contributed by atoms with Gasteiger partial charge >= 0.3 is 5.97 Å². The maximum atomic E-state index is 11.6. The summed E-state index contributed by atoms with van der Waals surface area (Å²) >= 11 is 0. The van der Waals surface area contributed by atoms with Gasteiger partial charge in [-0.1, -0.05) is 29.8 Å². The van der Waals surface area contributed by atoms with Gasteiger partial charge in [-0.05, 0) is 24.6 Å². The van der Waals surface area contributed by atoms with Crippen molar-refractivity contribution < 1.29 is 18.7 Å². The molecule has 1 heterocycles. The second-order valence-corrected chi connectivity index (χ2v) is 4.63. The number of ether oxygens (including phenoxy) is 1. The van der Waals surface area contributed by atoms with Crippen LogP contribution in [0.15, 0.2) is 47.1 Å². The van der Waals surface area contributed by atoms with E-state index in [9.17, 15) is 9.59 Å². The molecule has 0 aliphatic heterocycles. The van der Waals surface area contributed by atoms with E-state index in [0.29, 0.717) is 0 Å². The van der Waals surface area contributed by atoms with Crippen LogP contribution in [0.1, 0.15) is 28.1 Å². The van der Waals surface area contributed by atoms with E-state index < -0.39 is 0 Å². The summed E-state index contributed by atoms with van der Waals surface area (Å²) < 4.78 is 10.1. The van der Waals surface area contributed by atoms with E-state index in [1.54, 1.807) is 12.1 Å². The number of amides is 1. The fraction of sp³-hybridized carbons (Fsp3) is 0.250. The Morgan fingerprint density at radius 1 is 1.24 bits per heavy atom. The lowest BCUT2D eigenvalue weighted by Crippen LogP contribution is -2.26. The maximum Gasteiger partial charge on any atom is 0.307 e. The highest BCUT2D eigenvalue weighted by Gasteiger charge is 2.09. The van der Waals surface area contributed by atoms with Gasteiger partial charge in [0.25, 0.3) is 5.91 Å². The Morgan fingerprint density at radius 3 is 2.81 bits per heavy atom. The minimum Gasteiger partial charge on any atom is -0.461 e. The van der Waals surface area contributed by atoms with Crippen LogP contribution in [0.2, 0.25) is 0 Å². The zero-order valence-electron chi connectivity index (χ0n) is 11.8. The zero-order valence-corrected chi connectivity index (χ0v) is 11.8. The highest BCUT2D eigenvalue weighted by molar-refractivity contribution is 5.91. The Balaban J connectivity index is 1.67. The summed E-state index contributed by atoms with van der Waals surface area (Å²) in [5, 5.41) is 2.59. The number of carbonyl (C=O) groups is 2. The first kappa shape index (κ1) is 14.8. The summed E-state index contributed by atoms with van der Waals surface area (Å²) in [4.78, 5) is 23.1. The van der Waals surface area contributed by atoms with Crippen LogP contribution in [0.4, 0.5) is 0 Å². The average Bonchev–Trinajstić information content (AvgIpc) is 2.99. The first-order valence-electron chi connectivity index (χ1n) is 6.68. The Hall–Kier alpha value is -2.56. The second kappa shape index (κ2) is 7.28. The van der Waals surface area contributed by atoms with Gasteiger partial charge < -0.3 is 14.5 Å². The molecule has 0 saturated heterocycles. The summed E-state index contributed by atoms with van der Waals surface area (Å²) in [6.45, 7) is 2.44. The number of esters is 1. The molecule has 21 heavy (non-hydrogen) atoms. The van der Waals surface area contributed by atoms with Crippen molar-refractivity contribution in [1.82, 2.24) is 5.32 Å². The Bertz CT molecular complexity index is 604. The molecule has 0 bridgehead atoms. The van der Waals surface area contributed by atoms with E-state index in [-0.39, 0.29) is 37.2 Å². The molecule has 0 radical (unpaired) electrons. The van der Waals surface area contributed by atoms with Crippen LogP contribution in [0.3, 0.4) is 0 Å². The highest BCUT2D eigenvalue weighted by Crippen LogP contribution is 2.06. The van der Waals surface area contributed by atoms with Gasteiger partial charge in [-0.2, -0.15) is 0 Å². The van der Waals surface area contributed by atoms with Gasteiger partial charge in [0.15, 0.2) is 5.76 Å². The minimum absolute atomic E-state index is 0.123. The first-order chi connectivity index (χ1) is 10.1. The summed E-state index contributed by atoms with van der Waals surface area (Å²) in [7, 11) is 0. The molecule has 1 amide bonds. The molecule has 5 nitrogen and oxygen atoms in total. The molecule has 1 aromatic carbocycles. The number of rotatable bonds is 6. The van der Waals surface area contributed by atoms with E-state index in [0.717, 1.165) is 11.1 Å². The largest absolute Gasteiger partial charge is 0.461 e. The number of hydrogen-bond acceptors (Lipinski definition) is 4. The van der Waals surface area contributed by atoms with Crippen molar-refractivity contribution in [2.75, 3.05) is 6.54 Å². The van der Waals surface area contributed by atoms with Gasteiger partial charge in [0.1, 0.15) is 6.61 Å². The van der Waals surface area contributed by atoms with Crippen molar-refractivity contribution in [2.45, 2.75) is 20.0 Å². The fourth-order valence-corrected chi connectivity index (χ4v) is 1.81. The first-order valence-corrected chi connectivity index (χ1v) is 6.68. The van der Waals surface area contributed by atoms with Crippen LogP contribution in [0.25, 0.3) is 0 Å². The molecule has 2 aromatic rings. The summed E-state index contributed by atoms with van der Waals surface area (Å²) in [6, 6.07) is 11.0. The number of benzene rings is 1. The lowest BCUT2D eigenvalue weighted by atomic mass is 10.1. The molecule has 5 heteroatoms. The third-order valence-electron chi connectivity index (χ3n) is 2.84. The fourth-order valence-electron chi connectivity index (χ4n) is 1.81. The quantitative estimate of drug-likeness (QED) is 0.829. The third-order valence-corrected chi connectivity index (χ3v) is 2.84. The van der Waals surface area contributed by atoms with Gasteiger partial charge in [-0.25, -0.2) is 0 Å². The van der Waals surface area contributed by atoms with Gasteiger partial charge in [0, 0.05) is 6.54 Å². The van der Waals surface area contributed by atoms with Crippen LogP contribution in [0.5, 0.6) is 0 Å². The predicted molar refractivity (Wildman–Crippen MR) is 76.6 cm³/mol. The van der Waals surface area contributed by atoms with Crippen LogP contribution >= 0.6 is 0 Å². The van der Waals surface area contributed by atoms with Gasteiger partial charge in [-0.3, -0.25) is 9.59 Å². The number of nitrogens with one attached hydrogen (secondary N) is 1. The van der Waals surface area contributed by atoms with E-state index in [1.807, 2.05) is 31.2 Å². The van der Waals surface area contributed by atoms with Crippen LogP contribution < -0.4 is 5.32 Å². The molecule has 1 N–H and O–H groups in total. The van der Waals surface area contributed by atoms with E-state index in [4.69, 9.17) is 9.15 Å². The molecule has 0 spiro atoms. The molecule has 0 aliphatic carbocycles. The molecular formula is C16H17NO4. The van der Waals surface area contributed by atoms with Crippen molar-refractivity contribution in [1.29, 1.82) is 0 Å². The van der Waals surface area contributed by atoms with Crippen LogP contribution in [0, 0.1) is 6.92 Å². The van der Waals surface area contributed by atoms with Gasteiger partial charge in [-0.15, -0.1) is 0 Å². The number of aryl methyl sites for hydroxylation is 1. The summed E-state index contributed by atoms with van der Waals surface area (Å²) in [5.41, 5.74) is 2.07. The monoisotopic (exact) mass is 287 g/mol. The van der Waals surface area contributed by atoms with Crippen LogP contribution in [-0.4, -0.2) is 18.4 Å². The molecule has 1 aromatic heterocycles. The molecule has 0 fully saturated rings. The number of furan rings is 1. The summed E-state index contributed by atoms with van der Waals surface area (Å²) in [5.74, 6) is -0.467. The Morgan fingerprint density at radius 2 is 2.10 bits per heavy atom. The van der Waals surface area contributed by atoms with E-state index in [2.05, 4.69) is 5.32 Å². The van der Waals surface area contributed by atoms with Gasteiger partial charge in [0.2, 0.25) is 0 Å². The average molecular weight is 287 g/mol. The smallest absolute Gasteiger partial charge is 0.307 e. The molecule has 0 unspecified atom stereocenters. The standard InChI is InChI=1S/C16H17NO4/c1-12-4-2-5-13(10-12)11-21-15(18)7-8-17-16(19)14-6-3-9-20-14/h2-6,9-10H,7-8,11H2,1H3,(H,17,19). The van der Waals surface area contributed by atoms with Gasteiger partial charge in [0.05, 0.1) is 12.7 Å². The van der Waals surface area contributed by atoms with Crippen molar-refractivity contribution in [3.05, 3.63) is 59.5 Å². The zero-order chi connectivity index (χ0) is 15.1. The maximum absolute atomic E-state index is 11.6.